The lowest BCUT2D eigenvalue weighted by Crippen LogP contribution is -2.48. The van der Waals surface area contributed by atoms with Crippen LogP contribution in [0.5, 0.6) is 0 Å². The fraction of sp³-hybridized carbons (Fsp3) is 0.0789. The van der Waals surface area contributed by atoms with E-state index >= 15 is 0 Å². The molecule has 0 spiro atoms. The van der Waals surface area contributed by atoms with Crippen molar-refractivity contribution in [3.8, 4) is 22.4 Å². The van der Waals surface area contributed by atoms with Crippen LogP contribution in [0.2, 0.25) is 0 Å². The molecule has 2 heterocycles. The van der Waals surface area contributed by atoms with Gasteiger partial charge in [-0.05, 0) is 46.5 Å². The second-order valence-electron chi connectivity index (χ2n) is 11.6. The average molecular weight is 524 g/mol. The van der Waals surface area contributed by atoms with E-state index in [1.807, 2.05) is 12.3 Å². The van der Waals surface area contributed by atoms with E-state index in [2.05, 4.69) is 146 Å². The molecule has 0 saturated carbocycles. The van der Waals surface area contributed by atoms with Crippen molar-refractivity contribution in [3.63, 3.8) is 0 Å². The van der Waals surface area contributed by atoms with Crippen LogP contribution in [-0.2, 0) is 5.41 Å². The van der Waals surface area contributed by atoms with Gasteiger partial charge in [0.2, 0.25) is 0 Å². The molecule has 0 saturated heterocycles. The minimum absolute atomic E-state index is 0.00722. The Balaban J connectivity index is 1.55. The van der Waals surface area contributed by atoms with Gasteiger partial charge in [0.25, 0.3) is 0 Å². The van der Waals surface area contributed by atoms with Crippen LogP contribution in [0.25, 0.3) is 44.2 Å². The summed E-state index contributed by atoms with van der Waals surface area (Å²) in [6.45, 7) is 4.72. The zero-order chi connectivity index (χ0) is 27.6. The van der Waals surface area contributed by atoms with Crippen molar-refractivity contribution in [1.82, 2.24) is 9.46 Å². The normalized spacial score (nSPS) is 13.3. The molecule has 0 N–H and O–H groups in total. The largest absolute Gasteiger partial charge is 0.375 e. The Bertz CT molecular complexity index is 2020. The molecule has 2 aromatic heterocycles. The zero-order valence-corrected chi connectivity index (χ0v) is 23.3. The van der Waals surface area contributed by atoms with Crippen LogP contribution >= 0.6 is 0 Å². The van der Waals surface area contributed by atoms with Gasteiger partial charge in [-0.25, -0.2) is 0 Å². The van der Waals surface area contributed by atoms with E-state index in [4.69, 9.17) is 4.98 Å². The number of rotatable bonds is 4. The standard InChI is InChI=1S/C38H29BN2/c1-38(2)33-21-10-9-18-28(33)31-24-32-29-19-13-20-30(35-22-11-12-23-40-35)37(29)41(36(32)25-34(31)38)39(26-14-5-3-6-15-26)27-16-7-4-8-17-27/h3-25H,1-2H3. The fourth-order valence-electron chi connectivity index (χ4n) is 7.05. The average Bonchev–Trinajstić information content (AvgIpc) is 3.46. The van der Waals surface area contributed by atoms with Crippen molar-refractivity contribution in [2.24, 2.45) is 0 Å². The van der Waals surface area contributed by atoms with Crippen molar-refractivity contribution >= 4 is 39.6 Å². The molecule has 1 aliphatic carbocycles. The summed E-state index contributed by atoms with van der Waals surface area (Å²) in [5.41, 5.74) is 12.5. The molecule has 1 aliphatic rings. The van der Waals surface area contributed by atoms with Gasteiger partial charge in [-0.15, -0.1) is 0 Å². The summed E-state index contributed by atoms with van der Waals surface area (Å²) in [5, 5.41) is 2.53. The SMILES string of the molecule is CC1(C)c2ccccc2-c2cc3c4cccc(-c5ccccn5)c4n(B(c4ccccc4)c4ccccc4)c3cc21. The maximum Gasteiger partial charge on any atom is 0.328 e. The Hall–Kier alpha value is -4.89. The summed E-state index contributed by atoms with van der Waals surface area (Å²) in [7, 11) is 0. The summed E-state index contributed by atoms with van der Waals surface area (Å²) in [6, 6.07) is 48.5. The fourth-order valence-corrected chi connectivity index (χ4v) is 7.05. The predicted molar refractivity (Wildman–Crippen MR) is 174 cm³/mol. The topological polar surface area (TPSA) is 17.8 Å². The van der Waals surface area contributed by atoms with Crippen LogP contribution < -0.4 is 10.9 Å². The number of nitrogens with zero attached hydrogens (tertiary/aromatic N) is 2. The van der Waals surface area contributed by atoms with Crippen molar-refractivity contribution < 1.29 is 0 Å². The molecule has 0 unspecified atom stereocenters. The molecule has 2 nitrogen and oxygen atoms in total. The Kier molecular flexibility index (Phi) is 5.30. The number of pyridine rings is 1. The van der Waals surface area contributed by atoms with E-state index in [0.29, 0.717) is 0 Å². The summed E-state index contributed by atoms with van der Waals surface area (Å²) >= 11 is 0. The maximum atomic E-state index is 4.82. The van der Waals surface area contributed by atoms with Gasteiger partial charge >= 0.3 is 6.85 Å². The Morgan fingerprint density at radius 3 is 1.93 bits per heavy atom. The van der Waals surface area contributed by atoms with Gasteiger partial charge in [0.15, 0.2) is 0 Å². The van der Waals surface area contributed by atoms with Crippen molar-refractivity contribution in [1.29, 1.82) is 0 Å². The van der Waals surface area contributed by atoms with E-state index < -0.39 is 0 Å². The number of aromatic nitrogens is 2. The molecule has 194 valence electrons. The van der Waals surface area contributed by atoms with Crippen LogP contribution in [0.4, 0.5) is 0 Å². The lowest BCUT2D eigenvalue weighted by molar-refractivity contribution is 0.661. The van der Waals surface area contributed by atoms with Gasteiger partial charge in [0.05, 0.1) is 5.69 Å². The second kappa shape index (κ2) is 9.07. The summed E-state index contributed by atoms with van der Waals surface area (Å²) in [4.78, 5) is 4.82. The molecule has 0 bridgehead atoms. The van der Waals surface area contributed by atoms with Crippen molar-refractivity contribution in [2.75, 3.05) is 0 Å². The first-order chi connectivity index (χ1) is 20.1. The smallest absolute Gasteiger partial charge is 0.328 e. The number of hydrogen-bond donors (Lipinski definition) is 0. The third kappa shape index (κ3) is 3.55. The molecule has 0 radical (unpaired) electrons. The minimum Gasteiger partial charge on any atom is -0.375 e. The third-order valence-electron chi connectivity index (χ3n) is 8.96. The maximum absolute atomic E-state index is 4.82. The summed E-state index contributed by atoms with van der Waals surface area (Å²) in [5.74, 6) is 0. The highest BCUT2D eigenvalue weighted by Gasteiger charge is 2.37. The van der Waals surface area contributed by atoms with Gasteiger partial charge in [0, 0.05) is 39.0 Å². The molecule has 7 aromatic rings. The van der Waals surface area contributed by atoms with E-state index in [1.54, 1.807) is 0 Å². The van der Waals surface area contributed by atoms with Crippen LogP contribution in [0, 0.1) is 0 Å². The van der Waals surface area contributed by atoms with Crippen LogP contribution in [0.1, 0.15) is 25.0 Å². The quantitative estimate of drug-likeness (QED) is 0.215. The molecular weight excluding hydrogens is 495 g/mol. The van der Waals surface area contributed by atoms with Crippen LogP contribution in [-0.4, -0.2) is 16.3 Å². The lowest BCUT2D eigenvalue weighted by Gasteiger charge is -2.23. The first-order valence-electron chi connectivity index (χ1n) is 14.4. The van der Waals surface area contributed by atoms with Gasteiger partial charge in [-0.2, -0.15) is 0 Å². The van der Waals surface area contributed by atoms with E-state index in [-0.39, 0.29) is 12.3 Å². The molecule has 41 heavy (non-hydrogen) atoms. The molecule has 3 heteroatoms. The van der Waals surface area contributed by atoms with Crippen molar-refractivity contribution in [2.45, 2.75) is 19.3 Å². The lowest BCUT2D eigenvalue weighted by atomic mass is 9.50. The molecule has 0 fully saturated rings. The molecule has 0 aliphatic heterocycles. The van der Waals surface area contributed by atoms with E-state index in [0.717, 1.165) is 11.3 Å². The number of hydrogen-bond acceptors (Lipinski definition) is 1. The molecular formula is C38H29BN2. The molecule has 5 aromatic carbocycles. The van der Waals surface area contributed by atoms with Gasteiger partial charge < -0.3 is 4.48 Å². The molecule has 0 amide bonds. The number of benzene rings is 5. The highest BCUT2D eigenvalue weighted by atomic mass is 14.9. The monoisotopic (exact) mass is 524 g/mol. The van der Waals surface area contributed by atoms with Crippen LogP contribution in [0.3, 0.4) is 0 Å². The number of fused-ring (bicyclic) bond motifs is 6. The highest BCUT2D eigenvalue weighted by molar-refractivity contribution is 6.85. The second-order valence-corrected chi connectivity index (χ2v) is 11.6. The Morgan fingerprint density at radius 2 is 1.22 bits per heavy atom. The predicted octanol–water partition coefficient (Wildman–Crippen LogP) is 7.82. The first kappa shape index (κ1) is 24.0. The highest BCUT2D eigenvalue weighted by Crippen LogP contribution is 2.51. The molecule has 8 rings (SSSR count). The Morgan fingerprint density at radius 1 is 0.561 bits per heavy atom. The van der Waals surface area contributed by atoms with Crippen LogP contribution in [0.15, 0.2) is 140 Å². The van der Waals surface area contributed by atoms with E-state index in [9.17, 15) is 0 Å². The number of para-hydroxylation sites is 1. The minimum atomic E-state index is -0.0831. The molecule has 0 atom stereocenters. The third-order valence-corrected chi connectivity index (χ3v) is 8.96. The van der Waals surface area contributed by atoms with Gasteiger partial charge in [0.1, 0.15) is 0 Å². The first-order valence-corrected chi connectivity index (χ1v) is 14.4. The van der Waals surface area contributed by atoms with Gasteiger partial charge in [-0.1, -0.05) is 134 Å². The zero-order valence-electron chi connectivity index (χ0n) is 23.3. The summed E-state index contributed by atoms with van der Waals surface area (Å²) < 4.78 is 2.58. The van der Waals surface area contributed by atoms with Gasteiger partial charge in [-0.3, -0.25) is 4.98 Å². The van der Waals surface area contributed by atoms with E-state index in [1.165, 1.54) is 55.0 Å². The summed E-state index contributed by atoms with van der Waals surface area (Å²) in [6.07, 6.45) is 1.89. The Labute approximate surface area is 241 Å². The van der Waals surface area contributed by atoms with Crippen molar-refractivity contribution in [3.05, 3.63) is 151 Å².